The van der Waals surface area contributed by atoms with Crippen LogP contribution in [0.5, 0.6) is 5.75 Å². The van der Waals surface area contributed by atoms with Gasteiger partial charge in [-0.05, 0) is 51.8 Å². The van der Waals surface area contributed by atoms with E-state index in [0.717, 1.165) is 38.5 Å². The number of aromatic carboxylic acids is 2. The number of hydrogen-bond acceptors (Lipinski definition) is 5. The van der Waals surface area contributed by atoms with Crippen molar-refractivity contribution >= 4 is 18.0 Å². The number of alkyl carbamates (subject to hydrolysis) is 1. The molecule has 0 bridgehead atoms. The Kier molecular flexibility index (Phi) is 9.99. The van der Waals surface area contributed by atoms with Gasteiger partial charge in [-0.3, -0.25) is 0 Å². The minimum absolute atomic E-state index is 0.258. The van der Waals surface area contributed by atoms with Crippen molar-refractivity contribution in [2.45, 2.75) is 64.9 Å². The fourth-order valence-electron chi connectivity index (χ4n) is 2.61. The Morgan fingerprint density at radius 1 is 0.897 bits per heavy atom. The SMILES string of the molecule is CC(C)(C)OC(=O)NCCCCCCCCOc1ccc(C(=O)O)c(C(=O)O)c1. The number of benzene rings is 1. The molecule has 0 unspecified atom stereocenters. The van der Waals surface area contributed by atoms with Crippen LogP contribution in [0, 0.1) is 0 Å². The van der Waals surface area contributed by atoms with Gasteiger partial charge >= 0.3 is 18.0 Å². The second-order valence-corrected chi connectivity index (χ2v) is 7.72. The summed E-state index contributed by atoms with van der Waals surface area (Å²) in [5, 5.41) is 20.8. The number of carbonyl (C=O) groups is 3. The summed E-state index contributed by atoms with van der Waals surface area (Å²) in [6, 6.07) is 3.95. The molecule has 0 heterocycles. The van der Waals surface area contributed by atoms with Gasteiger partial charge in [-0.1, -0.05) is 25.7 Å². The Morgan fingerprint density at radius 3 is 2.07 bits per heavy atom. The minimum atomic E-state index is -1.30. The first kappa shape index (κ1) is 24.3. The number of carboxylic acids is 2. The zero-order chi connectivity index (χ0) is 21.9. The summed E-state index contributed by atoms with van der Waals surface area (Å²) in [5.74, 6) is -2.23. The van der Waals surface area contributed by atoms with E-state index in [1.54, 1.807) is 0 Å². The van der Waals surface area contributed by atoms with E-state index in [1.807, 2.05) is 20.8 Å². The van der Waals surface area contributed by atoms with Crippen LogP contribution in [0.1, 0.15) is 80.0 Å². The maximum absolute atomic E-state index is 11.5. The van der Waals surface area contributed by atoms with Gasteiger partial charge in [0.1, 0.15) is 11.4 Å². The molecule has 1 aromatic rings. The zero-order valence-corrected chi connectivity index (χ0v) is 17.3. The average molecular weight is 409 g/mol. The van der Waals surface area contributed by atoms with E-state index in [0.29, 0.717) is 18.9 Å². The van der Waals surface area contributed by atoms with Gasteiger partial charge in [0.25, 0.3) is 0 Å². The predicted octanol–water partition coefficient (Wildman–Crippen LogP) is 4.33. The van der Waals surface area contributed by atoms with Gasteiger partial charge in [0.05, 0.1) is 17.7 Å². The number of hydrogen-bond donors (Lipinski definition) is 3. The normalized spacial score (nSPS) is 11.0. The number of carboxylic acid groups (broad SMARTS) is 2. The van der Waals surface area contributed by atoms with Crippen molar-refractivity contribution in [3.63, 3.8) is 0 Å². The molecule has 0 atom stereocenters. The molecule has 1 rings (SSSR count). The number of unbranched alkanes of at least 4 members (excludes halogenated alkanes) is 5. The fourth-order valence-corrected chi connectivity index (χ4v) is 2.61. The molecule has 0 fully saturated rings. The molecule has 29 heavy (non-hydrogen) atoms. The highest BCUT2D eigenvalue weighted by Gasteiger charge is 2.17. The lowest BCUT2D eigenvalue weighted by Gasteiger charge is -2.19. The molecule has 8 nitrogen and oxygen atoms in total. The fraction of sp³-hybridized carbons (Fsp3) is 0.571. The molecule has 0 spiro atoms. The van der Waals surface area contributed by atoms with Crippen LogP contribution in [0.15, 0.2) is 18.2 Å². The van der Waals surface area contributed by atoms with Gasteiger partial charge in [0.2, 0.25) is 0 Å². The monoisotopic (exact) mass is 409 g/mol. The Labute approximate surface area is 171 Å². The van der Waals surface area contributed by atoms with Crippen molar-refractivity contribution in [2.24, 2.45) is 0 Å². The van der Waals surface area contributed by atoms with E-state index >= 15 is 0 Å². The smallest absolute Gasteiger partial charge is 0.407 e. The third-order valence-electron chi connectivity index (χ3n) is 3.96. The summed E-state index contributed by atoms with van der Waals surface area (Å²) in [5.41, 5.74) is -1.03. The van der Waals surface area contributed by atoms with Crippen molar-refractivity contribution in [1.82, 2.24) is 5.32 Å². The van der Waals surface area contributed by atoms with E-state index in [9.17, 15) is 14.4 Å². The lowest BCUT2D eigenvalue weighted by molar-refractivity contribution is 0.0525. The van der Waals surface area contributed by atoms with Gasteiger partial charge in [-0.15, -0.1) is 0 Å². The van der Waals surface area contributed by atoms with Crippen molar-refractivity contribution in [1.29, 1.82) is 0 Å². The Hall–Kier alpha value is -2.77. The highest BCUT2D eigenvalue weighted by molar-refractivity contribution is 6.01. The predicted molar refractivity (Wildman–Crippen MR) is 108 cm³/mol. The van der Waals surface area contributed by atoms with E-state index < -0.39 is 23.6 Å². The van der Waals surface area contributed by atoms with E-state index in [2.05, 4.69) is 5.32 Å². The van der Waals surface area contributed by atoms with E-state index in [-0.39, 0.29) is 11.1 Å². The minimum Gasteiger partial charge on any atom is -0.494 e. The molecule has 3 N–H and O–H groups in total. The lowest BCUT2D eigenvalue weighted by Crippen LogP contribution is -2.32. The summed E-state index contributed by atoms with van der Waals surface area (Å²) in [6.45, 7) is 6.51. The Morgan fingerprint density at radius 2 is 1.48 bits per heavy atom. The average Bonchev–Trinajstić information content (AvgIpc) is 2.61. The van der Waals surface area contributed by atoms with Crippen LogP contribution in [0.2, 0.25) is 0 Å². The number of nitrogens with one attached hydrogen (secondary N) is 1. The van der Waals surface area contributed by atoms with Gasteiger partial charge in [-0.25, -0.2) is 14.4 Å². The first-order valence-corrected chi connectivity index (χ1v) is 9.80. The third-order valence-corrected chi connectivity index (χ3v) is 3.96. The summed E-state index contributed by atoms with van der Waals surface area (Å²) in [4.78, 5) is 33.7. The second-order valence-electron chi connectivity index (χ2n) is 7.72. The number of carbonyl (C=O) groups excluding carboxylic acids is 1. The molecule has 0 aliphatic carbocycles. The van der Waals surface area contributed by atoms with Crippen LogP contribution in [0.25, 0.3) is 0 Å². The molecule has 0 aliphatic rings. The molecule has 1 aromatic carbocycles. The van der Waals surface area contributed by atoms with Crippen molar-refractivity contribution in [2.75, 3.05) is 13.2 Å². The molecular formula is C21H31NO7. The van der Waals surface area contributed by atoms with E-state index in [4.69, 9.17) is 19.7 Å². The van der Waals surface area contributed by atoms with Crippen molar-refractivity contribution < 1.29 is 34.1 Å². The van der Waals surface area contributed by atoms with Crippen LogP contribution in [-0.2, 0) is 4.74 Å². The topological polar surface area (TPSA) is 122 Å². The molecular weight excluding hydrogens is 378 g/mol. The lowest BCUT2D eigenvalue weighted by atomic mass is 10.1. The molecule has 0 radical (unpaired) electrons. The quantitative estimate of drug-likeness (QED) is 0.439. The van der Waals surface area contributed by atoms with Gasteiger partial charge in [0, 0.05) is 6.54 Å². The standard InChI is InChI=1S/C21H31NO7/c1-21(2,3)29-20(27)22-12-8-6-4-5-7-9-13-28-15-10-11-16(18(23)24)17(14-15)19(25)26/h10-11,14H,4-9,12-13H2,1-3H3,(H,22,27)(H,23,24)(H,25,26). The summed E-state index contributed by atoms with van der Waals surface area (Å²) in [6.07, 6.45) is 5.38. The highest BCUT2D eigenvalue weighted by atomic mass is 16.6. The van der Waals surface area contributed by atoms with Crippen LogP contribution >= 0.6 is 0 Å². The van der Waals surface area contributed by atoms with Crippen LogP contribution in [-0.4, -0.2) is 47.0 Å². The first-order chi connectivity index (χ1) is 13.6. The summed E-state index contributed by atoms with van der Waals surface area (Å²) >= 11 is 0. The second kappa shape index (κ2) is 11.9. The van der Waals surface area contributed by atoms with Crippen LogP contribution < -0.4 is 10.1 Å². The zero-order valence-electron chi connectivity index (χ0n) is 17.3. The van der Waals surface area contributed by atoms with Gasteiger partial charge in [-0.2, -0.15) is 0 Å². The molecule has 0 saturated carbocycles. The number of ether oxygens (including phenoxy) is 2. The van der Waals surface area contributed by atoms with E-state index in [1.165, 1.54) is 18.2 Å². The number of amides is 1. The largest absolute Gasteiger partial charge is 0.494 e. The molecule has 0 aromatic heterocycles. The maximum atomic E-state index is 11.5. The summed E-state index contributed by atoms with van der Waals surface area (Å²) < 4.78 is 10.7. The van der Waals surface area contributed by atoms with Crippen LogP contribution in [0.4, 0.5) is 4.79 Å². The number of rotatable bonds is 12. The molecule has 0 aliphatic heterocycles. The molecule has 162 valence electrons. The highest BCUT2D eigenvalue weighted by Crippen LogP contribution is 2.19. The maximum Gasteiger partial charge on any atom is 0.407 e. The Bertz CT molecular complexity index is 695. The summed E-state index contributed by atoms with van der Waals surface area (Å²) in [7, 11) is 0. The van der Waals surface area contributed by atoms with Gasteiger partial charge < -0.3 is 25.0 Å². The first-order valence-electron chi connectivity index (χ1n) is 9.80. The molecule has 8 heteroatoms. The van der Waals surface area contributed by atoms with Crippen molar-refractivity contribution in [3.05, 3.63) is 29.3 Å². The van der Waals surface area contributed by atoms with Crippen LogP contribution in [0.3, 0.4) is 0 Å². The molecule has 0 saturated heterocycles. The third kappa shape index (κ3) is 10.4. The molecule has 1 amide bonds. The van der Waals surface area contributed by atoms with Gasteiger partial charge in [0.15, 0.2) is 0 Å². The van der Waals surface area contributed by atoms with Crippen molar-refractivity contribution in [3.8, 4) is 5.75 Å². The Balaban J connectivity index is 2.13.